The first-order chi connectivity index (χ1) is 9.51. The van der Waals surface area contributed by atoms with E-state index in [9.17, 15) is 13.2 Å². The summed E-state index contributed by atoms with van der Waals surface area (Å²) in [5, 5.41) is 3.52. The average Bonchev–Trinajstić information content (AvgIpc) is 3.05. The maximum atomic E-state index is 12.4. The molecule has 1 aromatic rings. The van der Waals surface area contributed by atoms with Crippen LogP contribution in [0.15, 0.2) is 24.3 Å². The Morgan fingerprint density at radius 3 is 2.55 bits per heavy atom. The van der Waals surface area contributed by atoms with Crippen molar-refractivity contribution in [3.63, 3.8) is 0 Å². The van der Waals surface area contributed by atoms with Crippen molar-refractivity contribution in [1.29, 1.82) is 0 Å². The SMILES string of the molecule is FC(F)(F)Oc1ccccc1N1CCC(NC2CC2)C1. The minimum Gasteiger partial charge on any atom is -0.404 e. The summed E-state index contributed by atoms with van der Waals surface area (Å²) in [6.07, 6.45) is -1.27. The molecule has 2 aliphatic rings. The maximum absolute atomic E-state index is 12.4. The van der Waals surface area contributed by atoms with Crippen LogP contribution in [-0.4, -0.2) is 31.5 Å². The van der Waals surface area contributed by atoms with E-state index in [0.29, 0.717) is 17.8 Å². The second-order valence-electron chi connectivity index (χ2n) is 5.39. The predicted molar refractivity (Wildman–Crippen MR) is 69.9 cm³/mol. The minimum atomic E-state index is -4.65. The normalized spacial score (nSPS) is 23.1. The van der Waals surface area contributed by atoms with Crippen molar-refractivity contribution < 1.29 is 17.9 Å². The van der Waals surface area contributed by atoms with Gasteiger partial charge in [-0.2, -0.15) is 0 Å². The summed E-state index contributed by atoms with van der Waals surface area (Å²) in [6, 6.07) is 7.31. The van der Waals surface area contributed by atoms with Gasteiger partial charge in [0.1, 0.15) is 0 Å². The van der Waals surface area contributed by atoms with Crippen LogP contribution in [0.1, 0.15) is 19.3 Å². The third-order valence-corrected chi connectivity index (χ3v) is 3.67. The van der Waals surface area contributed by atoms with Gasteiger partial charge in [0.25, 0.3) is 0 Å². The fourth-order valence-corrected chi connectivity index (χ4v) is 2.63. The first-order valence-electron chi connectivity index (χ1n) is 6.87. The summed E-state index contributed by atoms with van der Waals surface area (Å²) < 4.78 is 41.3. The van der Waals surface area contributed by atoms with Crippen LogP contribution in [0.5, 0.6) is 5.75 Å². The zero-order valence-corrected chi connectivity index (χ0v) is 11.0. The fourth-order valence-electron chi connectivity index (χ4n) is 2.63. The van der Waals surface area contributed by atoms with E-state index in [1.807, 2.05) is 4.90 Å². The van der Waals surface area contributed by atoms with Gasteiger partial charge in [-0.1, -0.05) is 12.1 Å². The number of benzene rings is 1. The third kappa shape index (κ3) is 3.36. The molecular weight excluding hydrogens is 269 g/mol. The number of halogens is 3. The van der Waals surface area contributed by atoms with Crippen LogP contribution >= 0.6 is 0 Å². The fraction of sp³-hybridized carbons (Fsp3) is 0.571. The van der Waals surface area contributed by atoms with Crippen molar-refractivity contribution >= 4 is 5.69 Å². The van der Waals surface area contributed by atoms with E-state index < -0.39 is 6.36 Å². The number of anilines is 1. The number of hydrogen-bond acceptors (Lipinski definition) is 3. The summed E-state index contributed by atoms with van der Waals surface area (Å²) >= 11 is 0. The Morgan fingerprint density at radius 1 is 1.10 bits per heavy atom. The highest BCUT2D eigenvalue weighted by Crippen LogP contribution is 2.34. The number of alkyl halides is 3. The van der Waals surface area contributed by atoms with Gasteiger partial charge in [0.15, 0.2) is 5.75 Å². The lowest BCUT2D eigenvalue weighted by atomic mass is 10.2. The molecule has 1 heterocycles. The topological polar surface area (TPSA) is 24.5 Å². The molecule has 0 radical (unpaired) electrons. The summed E-state index contributed by atoms with van der Waals surface area (Å²) in [4.78, 5) is 1.96. The minimum absolute atomic E-state index is 0.118. The van der Waals surface area contributed by atoms with Gasteiger partial charge in [-0.15, -0.1) is 13.2 Å². The first-order valence-corrected chi connectivity index (χ1v) is 6.87. The van der Waals surface area contributed by atoms with Crippen molar-refractivity contribution in [1.82, 2.24) is 5.32 Å². The summed E-state index contributed by atoms with van der Waals surface area (Å²) in [6.45, 7) is 1.48. The standard InChI is InChI=1S/C14H17F3N2O/c15-14(16,17)20-13-4-2-1-3-12(13)19-8-7-11(9-19)18-10-5-6-10/h1-4,10-11,18H,5-9H2. The highest BCUT2D eigenvalue weighted by molar-refractivity contribution is 5.59. The maximum Gasteiger partial charge on any atom is 0.573 e. The van der Waals surface area contributed by atoms with Gasteiger partial charge in [0.05, 0.1) is 5.69 Å². The van der Waals surface area contributed by atoms with E-state index in [4.69, 9.17) is 0 Å². The van der Waals surface area contributed by atoms with Gasteiger partial charge >= 0.3 is 6.36 Å². The van der Waals surface area contributed by atoms with E-state index in [1.165, 1.54) is 18.9 Å². The second kappa shape index (κ2) is 5.16. The third-order valence-electron chi connectivity index (χ3n) is 3.67. The molecule has 1 atom stereocenters. The molecule has 1 aromatic carbocycles. The van der Waals surface area contributed by atoms with Crippen molar-refractivity contribution in [2.24, 2.45) is 0 Å². The summed E-state index contributed by atoms with van der Waals surface area (Å²) in [7, 11) is 0. The molecule has 3 rings (SSSR count). The quantitative estimate of drug-likeness (QED) is 0.921. The second-order valence-corrected chi connectivity index (χ2v) is 5.39. The molecule has 0 spiro atoms. The van der Waals surface area contributed by atoms with Crippen molar-refractivity contribution in [2.75, 3.05) is 18.0 Å². The van der Waals surface area contributed by atoms with E-state index >= 15 is 0 Å². The van der Waals surface area contributed by atoms with Crippen LogP contribution < -0.4 is 15.0 Å². The molecule has 6 heteroatoms. The summed E-state index contributed by atoms with van der Waals surface area (Å²) in [5.74, 6) is -0.118. The number of nitrogens with one attached hydrogen (secondary N) is 1. The van der Waals surface area contributed by atoms with Crippen LogP contribution in [0.2, 0.25) is 0 Å². The van der Waals surface area contributed by atoms with E-state index in [1.54, 1.807) is 18.2 Å². The average molecular weight is 286 g/mol. The largest absolute Gasteiger partial charge is 0.573 e. The molecule has 1 saturated carbocycles. The van der Waals surface area contributed by atoms with Gasteiger partial charge in [0, 0.05) is 25.2 Å². The van der Waals surface area contributed by atoms with Gasteiger partial charge < -0.3 is 15.0 Å². The Bertz CT molecular complexity index is 474. The monoisotopic (exact) mass is 286 g/mol. The highest BCUT2D eigenvalue weighted by Gasteiger charge is 2.34. The van der Waals surface area contributed by atoms with E-state index in [-0.39, 0.29) is 5.75 Å². The molecule has 2 fully saturated rings. The lowest BCUT2D eigenvalue weighted by Gasteiger charge is -2.22. The van der Waals surface area contributed by atoms with Crippen LogP contribution in [0, 0.1) is 0 Å². The Kier molecular flexibility index (Phi) is 3.50. The molecule has 1 unspecified atom stereocenters. The van der Waals surface area contributed by atoms with E-state index in [2.05, 4.69) is 10.1 Å². The number of nitrogens with zero attached hydrogens (tertiary/aromatic N) is 1. The van der Waals surface area contributed by atoms with Crippen LogP contribution in [-0.2, 0) is 0 Å². The van der Waals surface area contributed by atoms with Crippen molar-refractivity contribution in [2.45, 2.75) is 37.7 Å². The molecule has 1 aliphatic heterocycles. The van der Waals surface area contributed by atoms with Gasteiger partial charge in [0.2, 0.25) is 0 Å². The zero-order valence-electron chi connectivity index (χ0n) is 11.0. The molecule has 0 aromatic heterocycles. The molecule has 0 amide bonds. The van der Waals surface area contributed by atoms with Crippen LogP contribution in [0.3, 0.4) is 0 Å². The van der Waals surface area contributed by atoms with Crippen LogP contribution in [0.4, 0.5) is 18.9 Å². The summed E-state index contributed by atoms with van der Waals surface area (Å²) in [5.41, 5.74) is 0.518. The molecular formula is C14H17F3N2O. The lowest BCUT2D eigenvalue weighted by molar-refractivity contribution is -0.274. The zero-order chi connectivity index (χ0) is 14.2. The predicted octanol–water partition coefficient (Wildman–Crippen LogP) is 2.92. The number of para-hydroxylation sites is 2. The Labute approximate surface area is 115 Å². The Balaban J connectivity index is 1.70. The molecule has 3 nitrogen and oxygen atoms in total. The number of rotatable bonds is 4. The first kappa shape index (κ1) is 13.5. The lowest BCUT2D eigenvalue weighted by Crippen LogP contribution is -2.34. The molecule has 1 saturated heterocycles. The number of hydrogen-bond donors (Lipinski definition) is 1. The molecule has 0 bridgehead atoms. The van der Waals surface area contributed by atoms with Gasteiger partial charge in [-0.05, 0) is 31.4 Å². The molecule has 20 heavy (non-hydrogen) atoms. The van der Waals surface area contributed by atoms with E-state index in [0.717, 1.165) is 19.5 Å². The Hall–Kier alpha value is -1.43. The van der Waals surface area contributed by atoms with Crippen LogP contribution in [0.25, 0.3) is 0 Å². The highest BCUT2D eigenvalue weighted by atomic mass is 19.4. The van der Waals surface area contributed by atoms with Gasteiger partial charge in [-0.25, -0.2) is 0 Å². The molecule has 1 N–H and O–H groups in total. The van der Waals surface area contributed by atoms with Crippen molar-refractivity contribution in [3.05, 3.63) is 24.3 Å². The molecule has 1 aliphatic carbocycles. The molecule has 110 valence electrons. The smallest absolute Gasteiger partial charge is 0.404 e. The van der Waals surface area contributed by atoms with Gasteiger partial charge in [-0.3, -0.25) is 0 Å². The number of ether oxygens (including phenoxy) is 1. The Morgan fingerprint density at radius 2 is 1.85 bits per heavy atom. The van der Waals surface area contributed by atoms with Crippen molar-refractivity contribution in [3.8, 4) is 5.75 Å².